The van der Waals surface area contributed by atoms with Crippen molar-refractivity contribution in [3.63, 3.8) is 0 Å². The van der Waals surface area contributed by atoms with Crippen LogP contribution in [0.15, 0.2) is 173 Å². The molecule has 0 radical (unpaired) electrons. The Morgan fingerprint density at radius 1 is 0.567 bits per heavy atom. The molecule has 6 heteroatoms. The quantitative estimate of drug-likeness (QED) is 0.0933. The molecule has 2 aliphatic carbocycles. The second-order valence-corrected chi connectivity index (χ2v) is 20.4. The van der Waals surface area contributed by atoms with Crippen LogP contribution in [0.1, 0.15) is 50.1 Å². The van der Waals surface area contributed by atoms with Gasteiger partial charge < -0.3 is 9.80 Å². The fourth-order valence-electron chi connectivity index (χ4n) is 10.1. The number of allylic oxidation sites excluding steroid dienone is 6. The van der Waals surface area contributed by atoms with Crippen molar-refractivity contribution in [2.24, 2.45) is 0 Å². The molecule has 6 aromatic carbocycles. The average molecular weight is 929 g/mol. The van der Waals surface area contributed by atoms with E-state index in [1.54, 1.807) is 0 Å². The molecule has 0 amide bonds. The zero-order chi connectivity index (χ0) is 41.0. The molecular weight excluding hydrogens is 880 g/mol. The Kier molecular flexibility index (Phi) is 11.9. The van der Waals surface area contributed by atoms with Gasteiger partial charge in [0.05, 0.1) is 5.38 Å². The number of hydrogen-bond acceptors (Lipinski definition) is 2. The first-order valence-electron chi connectivity index (χ1n) is 20.5. The van der Waals surface area contributed by atoms with Crippen LogP contribution in [-0.4, -0.2) is 23.8 Å². The zero-order valence-electron chi connectivity index (χ0n) is 35.0. The van der Waals surface area contributed by atoms with E-state index >= 15 is 0 Å². The SMILES string of the molecule is Cc1cc(C)c(N2CCN(c3c(C)cc(C)cc3C)C2=C2C=CC(P(=C3C(c4ccccc4)=Cc4ccccc43)(c3ccccc3)c3ccccc3)=C(Cl)C2Cl)c(C)c1.[Ru+2]. The van der Waals surface area contributed by atoms with E-state index in [1.807, 2.05) is 0 Å². The molecule has 1 heterocycles. The molecule has 0 spiro atoms. The minimum absolute atomic E-state index is 0. The fraction of sp³-hybridized carbons (Fsp3) is 0.167. The van der Waals surface area contributed by atoms with E-state index in [2.05, 4.69) is 209 Å². The second kappa shape index (κ2) is 17.0. The molecule has 60 heavy (non-hydrogen) atoms. The summed E-state index contributed by atoms with van der Waals surface area (Å²) in [5, 5.41) is 4.91. The van der Waals surface area contributed by atoms with E-state index in [1.165, 1.54) is 82.9 Å². The first-order valence-corrected chi connectivity index (χ1v) is 23.1. The third kappa shape index (κ3) is 7.03. The molecule has 9 rings (SSSR count). The topological polar surface area (TPSA) is 6.48 Å². The van der Waals surface area contributed by atoms with Gasteiger partial charge in [0.2, 0.25) is 0 Å². The van der Waals surface area contributed by atoms with Crippen LogP contribution in [0.5, 0.6) is 0 Å². The summed E-state index contributed by atoms with van der Waals surface area (Å²) in [6, 6.07) is 50.9. The van der Waals surface area contributed by atoms with Crippen molar-refractivity contribution in [3.8, 4) is 0 Å². The standard InChI is InChI=1S/C54H49Cl2N2P.Ru/c1-35-30-37(3)51(38(4)31-35)57-28-29-58(52-39(5)32-36(2)33-40(52)6)54(57)46-26-27-48(50(56)49(46)55)59(43-21-12-8-13-22-43,44-23-14-9-15-24-44)53-45-25-17-16-20-42(45)34-47(53)41-18-10-7-11-19-41;/h7-27,30-34,49H,28-29H2,1-6H3;/q;+2. The maximum Gasteiger partial charge on any atom is 2.00 e. The van der Waals surface area contributed by atoms with Crippen LogP contribution in [0.25, 0.3) is 11.6 Å². The number of rotatable bonds is 6. The summed E-state index contributed by atoms with van der Waals surface area (Å²) in [6.07, 6.45) is 7.00. The minimum atomic E-state index is -2.74. The number of nitrogens with zero attached hydrogens (tertiary/aromatic N) is 2. The Bertz CT molecular complexity index is 2660. The van der Waals surface area contributed by atoms with Gasteiger partial charge in [-0.3, -0.25) is 0 Å². The Morgan fingerprint density at radius 3 is 1.52 bits per heavy atom. The molecule has 1 saturated heterocycles. The Labute approximate surface area is 379 Å². The van der Waals surface area contributed by atoms with Gasteiger partial charge in [0.25, 0.3) is 0 Å². The molecule has 6 aromatic rings. The summed E-state index contributed by atoms with van der Waals surface area (Å²) in [4.78, 5) is 5.00. The number of hydrogen-bond donors (Lipinski definition) is 0. The van der Waals surface area contributed by atoms with E-state index in [0.29, 0.717) is 5.03 Å². The first-order chi connectivity index (χ1) is 28.6. The Morgan fingerprint density at radius 2 is 1.02 bits per heavy atom. The number of aryl methyl sites for hydroxylation is 6. The van der Waals surface area contributed by atoms with Crippen LogP contribution in [0.4, 0.5) is 11.4 Å². The van der Waals surface area contributed by atoms with E-state index in [0.717, 1.165) is 29.8 Å². The maximum atomic E-state index is 8.06. The van der Waals surface area contributed by atoms with E-state index in [-0.39, 0.29) is 19.5 Å². The van der Waals surface area contributed by atoms with Crippen molar-refractivity contribution in [2.45, 2.75) is 46.9 Å². The fourth-order valence-corrected chi connectivity index (χ4v) is 15.7. The third-order valence-electron chi connectivity index (χ3n) is 12.1. The van der Waals surface area contributed by atoms with Gasteiger partial charge in [-0.25, -0.2) is 0 Å². The number of fused-ring (bicyclic) bond motifs is 1. The molecule has 0 bridgehead atoms. The van der Waals surface area contributed by atoms with Gasteiger partial charge >= 0.3 is 19.5 Å². The van der Waals surface area contributed by atoms with Crippen molar-refractivity contribution in [1.29, 1.82) is 0 Å². The number of halogens is 2. The van der Waals surface area contributed by atoms with E-state index < -0.39 is 12.3 Å². The molecule has 2 nitrogen and oxygen atoms in total. The second-order valence-electron chi connectivity index (χ2n) is 16.2. The largest absolute Gasteiger partial charge is 2.00 e. The summed E-state index contributed by atoms with van der Waals surface area (Å²) in [6.45, 7) is 12.2. The molecule has 0 saturated carbocycles. The van der Waals surface area contributed by atoms with Crippen molar-refractivity contribution < 1.29 is 19.5 Å². The van der Waals surface area contributed by atoms with Crippen LogP contribution in [0.3, 0.4) is 0 Å². The van der Waals surface area contributed by atoms with Gasteiger partial charge in [-0.15, -0.1) is 11.6 Å². The van der Waals surface area contributed by atoms with Gasteiger partial charge in [0.1, 0.15) is 5.82 Å². The Balaban J connectivity index is 0.00000499. The summed E-state index contributed by atoms with van der Waals surface area (Å²) in [5.74, 6) is 1.09. The normalized spacial score (nSPS) is 16.4. The van der Waals surface area contributed by atoms with Gasteiger partial charge in [0, 0.05) is 45.7 Å². The minimum Gasteiger partial charge on any atom is -0.325 e. The van der Waals surface area contributed by atoms with E-state index in [9.17, 15) is 0 Å². The van der Waals surface area contributed by atoms with Gasteiger partial charge in [0.15, 0.2) is 0 Å². The molecule has 1 atom stereocenters. The summed E-state index contributed by atoms with van der Waals surface area (Å²) >= 11 is 16.1. The molecule has 1 fully saturated rings. The van der Waals surface area contributed by atoms with Crippen LogP contribution < -0.4 is 20.4 Å². The Hall–Kier alpha value is -4.62. The number of anilines is 2. The molecule has 1 unspecified atom stereocenters. The third-order valence-corrected chi connectivity index (χ3v) is 17.7. The summed E-state index contributed by atoms with van der Waals surface area (Å²) in [7, 11) is 0. The monoisotopic (exact) mass is 928 g/mol. The molecule has 300 valence electrons. The molecule has 0 aromatic heterocycles. The van der Waals surface area contributed by atoms with Crippen LogP contribution in [0.2, 0.25) is 0 Å². The van der Waals surface area contributed by atoms with Crippen LogP contribution in [0, 0.1) is 41.5 Å². The van der Waals surface area contributed by atoms with Crippen LogP contribution in [-0.2, 0) is 19.5 Å². The predicted octanol–water partition coefficient (Wildman–Crippen LogP) is 13.1. The number of benzene rings is 6. The van der Waals surface area contributed by atoms with Gasteiger partial charge in [-0.1, -0.05) is 174 Å². The maximum absolute atomic E-state index is 8.06. The van der Waals surface area contributed by atoms with Crippen molar-refractivity contribution in [3.05, 3.63) is 223 Å². The molecule has 0 N–H and O–H groups in total. The predicted molar refractivity (Wildman–Crippen MR) is 259 cm³/mol. The van der Waals surface area contributed by atoms with Crippen LogP contribution >= 0.6 is 30.1 Å². The molecular formula is C54H49Cl2N2PRu+2. The molecule has 1 aliphatic heterocycles. The van der Waals surface area contributed by atoms with Crippen molar-refractivity contribution in [1.82, 2.24) is 0 Å². The number of alkyl halides is 1. The van der Waals surface area contributed by atoms with Gasteiger partial charge in [-0.05, 0) is 110 Å². The molecule has 3 aliphatic rings. The van der Waals surface area contributed by atoms with Crippen molar-refractivity contribution in [2.75, 3.05) is 22.9 Å². The average Bonchev–Trinajstić information content (AvgIpc) is 3.83. The zero-order valence-corrected chi connectivity index (χ0v) is 39.1. The smallest absolute Gasteiger partial charge is 0.325 e. The van der Waals surface area contributed by atoms with Crippen molar-refractivity contribution >= 4 is 69.0 Å². The first kappa shape index (κ1) is 42.1. The summed E-state index contributed by atoms with van der Waals surface area (Å²) < 4.78 is 0. The summed E-state index contributed by atoms with van der Waals surface area (Å²) in [5.41, 5.74) is 15.9. The van der Waals surface area contributed by atoms with Gasteiger partial charge in [-0.2, -0.15) is 0 Å². The van der Waals surface area contributed by atoms with E-state index in [4.69, 9.17) is 23.2 Å².